The lowest BCUT2D eigenvalue weighted by molar-refractivity contribution is -0.150. The molecule has 0 radical (unpaired) electrons. The van der Waals surface area contributed by atoms with Gasteiger partial charge in [-0.1, -0.05) is 0 Å². The molecular formula is C18H27N3O4. The van der Waals surface area contributed by atoms with Gasteiger partial charge in [-0.05, 0) is 25.2 Å². The molecule has 3 aliphatic heterocycles. The van der Waals surface area contributed by atoms with Crippen molar-refractivity contribution in [2.45, 2.75) is 37.4 Å². The van der Waals surface area contributed by atoms with E-state index in [9.17, 15) is 0 Å². The Bertz CT molecular complexity index is 573. The van der Waals surface area contributed by atoms with Crippen molar-refractivity contribution in [2.75, 3.05) is 51.5 Å². The number of aromatic nitrogens is 2. The van der Waals surface area contributed by atoms with Crippen LogP contribution in [-0.2, 0) is 14.2 Å². The molecule has 7 heteroatoms. The summed E-state index contributed by atoms with van der Waals surface area (Å²) in [4.78, 5) is 10.6. The van der Waals surface area contributed by atoms with Gasteiger partial charge in [-0.2, -0.15) is 0 Å². The van der Waals surface area contributed by atoms with E-state index < -0.39 is 0 Å². The first-order chi connectivity index (χ1) is 12.3. The van der Waals surface area contributed by atoms with Gasteiger partial charge in [-0.3, -0.25) is 0 Å². The van der Waals surface area contributed by atoms with Crippen molar-refractivity contribution in [1.29, 1.82) is 0 Å². The molecule has 0 aliphatic carbocycles. The number of anilines is 1. The minimum Gasteiger partial charge on any atom is -0.481 e. The summed E-state index contributed by atoms with van der Waals surface area (Å²) in [7, 11) is 1.62. The lowest BCUT2D eigenvalue weighted by Gasteiger charge is -2.53. The third-order valence-electron chi connectivity index (χ3n) is 5.47. The molecule has 1 spiro atoms. The second-order valence-electron chi connectivity index (χ2n) is 7.31. The monoisotopic (exact) mass is 349 g/mol. The predicted octanol–water partition coefficient (Wildman–Crippen LogP) is 1.67. The fourth-order valence-corrected chi connectivity index (χ4v) is 3.96. The topological polar surface area (TPSA) is 65.9 Å². The molecule has 0 N–H and O–H groups in total. The zero-order valence-corrected chi connectivity index (χ0v) is 14.9. The Labute approximate surface area is 148 Å². The first-order valence-corrected chi connectivity index (χ1v) is 9.21. The van der Waals surface area contributed by atoms with Crippen LogP contribution in [0, 0.1) is 5.92 Å². The van der Waals surface area contributed by atoms with E-state index >= 15 is 0 Å². The first kappa shape index (κ1) is 17.0. The van der Waals surface area contributed by atoms with Gasteiger partial charge in [0.1, 0.15) is 17.7 Å². The van der Waals surface area contributed by atoms with Crippen LogP contribution in [-0.4, -0.2) is 68.3 Å². The highest BCUT2D eigenvalue weighted by Gasteiger charge is 2.48. The normalized spacial score (nSPS) is 26.4. The summed E-state index contributed by atoms with van der Waals surface area (Å²) in [5.41, 5.74) is -0.0865. The van der Waals surface area contributed by atoms with Crippen molar-refractivity contribution < 1.29 is 18.9 Å². The Morgan fingerprint density at radius 2 is 2.04 bits per heavy atom. The zero-order valence-electron chi connectivity index (χ0n) is 14.9. The molecule has 1 atom stereocenters. The number of methoxy groups -OCH3 is 1. The molecule has 3 saturated heterocycles. The summed E-state index contributed by atoms with van der Waals surface area (Å²) in [6.07, 6.45) is 6.05. The Morgan fingerprint density at radius 1 is 1.20 bits per heavy atom. The summed E-state index contributed by atoms with van der Waals surface area (Å²) in [5, 5.41) is 0. The summed E-state index contributed by atoms with van der Waals surface area (Å²) >= 11 is 0. The summed E-state index contributed by atoms with van der Waals surface area (Å²) in [5.74, 6) is 2.14. The van der Waals surface area contributed by atoms with Gasteiger partial charge in [0.05, 0.1) is 26.3 Å². The van der Waals surface area contributed by atoms with E-state index in [0.29, 0.717) is 17.9 Å². The fourth-order valence-electron chi connectivity index (χ4n) is 3.96. The molecule has 4 rings (SSSR count). The second-order valence-corrected chi connectivity index (χ2v) is 7.31. The highest BCUT2D eigenvalue weighted by Crippen LogP contribution is 2.38. The minimum absolute atomic E-state index is 0.0865. The summed E-state index contributed by atoms with van der Waals surface area (Å²) in [6.45, 7) is 5.09. The quantitative estimate of drug-likeness (QED) is 0.801. The van der Waals surface area contributed by atoms with Gasteiger partial charge in [0.15, 0.2) is 0 Å². The van der Waals surface area contributed by atoms with Gasteiger partial charge in [0.25, 0.3) is 0 Å². The Kier molecular flexibility index (Phi) is 5.05. The molecule has 0 bridgehead atoms. The lowest BCUT2D eigenvalue weighted by atomic mass is 9.84. The number of hydrogen-bond donors (Lipinski definition) is 0. The standard InChI is InChI=1S/C18H27N3O4/c1-22-17-8-16(19-13-20-17)21-11-18(12-21)9-15(4-7-25-18)24-10-14-2-5-23-6-3-14/h8,13-15H,2-7,9-12H2,1H3/t15-/m0/s1. The van der Waals surface area contributed by atoms with E-state index in [2.05, 4.69) is 14.9 Å². The van der Waals surface area contributed by atoms with Crippen LogP contribution in [0.1, 0.15) is 25.7 Å². The lowest BCUT2D eigenvalue weighted by Crippen LogP contribution is -2.66. The maximum Gasteiger partial charge on any atom is 0.218 e. The van der Waals surface area contributed by atoms with E-state index in [1.165, 1.54) is 0 Å². The molecule has 1 aromatic rings. The molecule has 3 aliphatic rings. The minimum atomic E-state index is -0.0865. The molecule has 0 aromatic carbocycles. The van der Waals surface area contributed by atoms with Crippen molar-refractivity contribution in [3.8, 4) is 5.88 Å². The largest absolute Gasteiger partial charge is 0.481 e. The van der Waals surface area contributed by atoms with Crippen molar-refractivity contribution >= 4 is 5.82 Å². The number of ether oxygens (including phenoxy) is 4. The molecule has 138 valence electrons. The SMILES string of the molecule is COc1cc(N2CC3(C[C@@H](OCC4CCOCC4)CCO3)C2)ncn1. The van der Waals surface area contributed by atoms with Crippen LogP contribution in [0.2, 0.25) is 0 Å². The van der Waals surface area contributed by atoms with E-state index in [1.54, 1.807) is 13.4 Å². The number of nitrogens with zero attached hydrogens (tertiary/aromatic N) is 3. The molecule has 0 unspecified atom stereocenters. The molecule has 0 amide bonds. The molecule has 7 nitrogen and oxygen atoms in total. The van der Waals surface area contributed by atoms with E-state index in [4.69, 9.17) is 18.9 Å². The predicted molar refractivity (Wildman–Crippen MR) is 92.0 cm³/mol. The van der Waals surface area contributed by atoms with Crippen LogP contribution < -0.4 is 9.64 Å². The van der Waals surface area contributed by atoms with Crippen molar-refractivity contribution in [3.05, 3.63) is 12.4 Å². The zero-order chi connectivity index (χ0) is 17.1. The van der Waals surface area contributed by atoms with Crippen LogP contribution in [0.25, 0.3) is 0 Å². The van der Waals surface area contributed by atoms with Crippen LogP contribution in [0.15, 0.2) is 12.4 Å². The van der Waals surface area contributed by atoms with Gasteiger partial charge in [0.2, 0.25) is 5.88 Å². The second kappa shape index (κ2) is 7.43. The fraction of sp³-hybridized carbons (Fsp3) is 0.778. The maximum absolute atomic E-state index is 6.23. The highest BCUT2D eigenvalue weighted by molar-refractivity contribution is 5.45. The number of rotatable bonds is 5. The summed E-state index contributed by atoms with van der Waals surface area (Å²) < 4.78 is 22.9. The van der Waals surface area contributed by atoms with Gasteiger partial charge in [-0.15, -0.1) is 0 Å². The highest BCUT2D eigenvalue weighted by atomic mass is 16.5. The molecule has 3 fully saturated rings. The molecule has 4 heterocycles. The smallest absolute Gasteiger partial charge is 0.218 e. The van der Waals surface area contributed by atoms with Gasteiger partial charge in [-0.25, -0.2) is 9.97 Å². The third-order valence-corrected chi connectivity index (χ3v) is 5.47. The summed E-state index contributed by atoms with van der Waals surface area (Å²) in [6, 6.07) is 1.87. The average molecular weight is 349 g/mol. The van der Waals surface area contributed by atoms with E-state index in [-0.39, 0.29) is 5.60 Å². The Balaban J connectivity index is 1.28. The van der Waals surface area contributed by atoms with Crippen LogP contribution in [0.5, 0.6) is 5.88 Å². The Hall–Kier alpha value is -1.44. The molecule has 0 saturated carbocycles. The van der Waals surface area contributed by atoms with Crippen LogP contribution >= 0.6 is 0 Å². The molecular weight excluding hydrogens is 322 g/mol. The van der Waals surface area contributed by atoms with Crippen LogP contribution in [0.4, 0.5) is 5.82 Å². The van der Waals surface area contributed by atoms with Crippen molar-refractivity contribution in [1.82, 2.24) is 9.97 Å². The molecule has 25 heavy (non-hydrogen) atoms. The maximum atomic E-state index is 6.23. The Morgan fingerprint density at radius 3 is 2.84 bits per heavy atom. The molecule has 1 aromatic heterocycles. The van der Waals surface area contributed by atoms with Gasteiger partial charge < -0.3 is 23.8 Å². The average Bonchev–Trinajstić information content (AvgIpc) is 2.65. The number of hydrogen-bond acceptors (Lipinski definition) is 7. The van der Waals surface area contributed by atoms with Gasteiger partial charge >= 0.3 is 0 Å². The van der Waals surface area contributed by atoms with Crippen molar-refractivity contribution in [3.63, 3.8) is 0 Å². The van der Waals surface area contributed by atoms with E-state index in [1.807, 2.05) is 6.07 Å². The third kappa shape index (κ3) is 3.88. The van der Waals surface area contributed by atoms with Gasteiger partial charge in [0, 0.05) is 38.9 Å². The van der Waals surface area contributed by atoms with Crippen molar-refractivity contribution in [2.24, 2.45) is 5.92 Å². The first-order valence-electron chi connectivity index (χ1n) is 9.21. The van der Waals surface area contributed by atoms with Crippen LogP contribution in [0.3, 0.4) is 0 Å². The van der Waals surface area contributed by atoms with E-state index in [0.717, 1.165) is 71.0 Å².